The second-order valence-corrected chi connectivity index (χ2v) is 5.94. The summed E-state index contributed by atoms with van der Waals surface area (Å²) in [5.74, 6) is 2.31. The minimum absolute atomic E-state index is 0.103. The average molecular weight is 287 g/mol. The Morgan fingerprint density at radius 3 is 3.00 bits per heavy atom. The van der Waals surface area contributed by atoms with Crippen LogP contribution in [0.3, 0.4) is 0 Å². The molecule has 0 radical (unpaired) electrons. The van der Waals surface area contributed by atoms with Gasteiger partial charge in [0.1, 0.15) is 0 Å². The molecule has 1 aromatic rings. The zero-order chi connectivity index (χ0) is 10.7. The second kappa shape index (κ2) is 4.76. The number of anilines is 1. The van der Waals surface area contributed by atoms with E-state index in [0.717, 1.165) is 22.3 Å². The first-order valence-corrected chi connectivity index (χ1v) is 7.00. The van der Waals surface area contributed by atoms with Crippen LogP contribution in [-0.4, -0.2) is 23.6 Å². The van der Waals surface area contributed by atoms with Gasteiger partial charge in [-0.25, -0.2) is 0 Å². The van der Waals surface area contributed by atoms with Gasteiger partial charge in [-0.2, -0.15) is 11.8 Å². The first-order valence-electron chi connectivity index (χ1n) is 5.06. The maximum Gasteiger partial charge on any atom is 0.0593 e. The zero-order valence-corrected chi connectivity index (χ0v) is 10.9. The van der Waals surface area contributed by atoms with Crippen LogP contribution >= 0.6 is 27.7 Å². The van der Waals surface area contributed by atoms with Crippen LogP contribution in [0, 0.1) is 0 Å². The molecule has 0 bridgehead atoms. The Morgan fingerprint density at radius 1 is 1.53 bits per heavy atom. The van der Waals surface area contributed by atoms with Crippen LogP contribution in [0.4, 0.5) is 5.69 Å². The second-order valence-electron chi connectivity index (χ2n) is 3.92. The molecule has 3 N–H and O–H groups in total. The molecule has 1 saturated heterocycles. The molecule has 4 heteroatoms. The van der Waals surface area contributed by atoms with E-state index in [0.29, 0.717) is 6.54 Å². The summed E-state index contributed by atoms with van der Waals surface area (Å²) in [6.45, 7) is 0.701. The van der Waals surface area contributed by atoms with Crippen molar-refractivity contribution in [3.63, 3.8) is 0 Å². The molecule has 1 aromatic carbocycles. The summed E-state index contributed by atoms with van der Waals surface area (Å²) in [6, 6.07) is 8.26. The van der Waals surface area contributed by atoms with Crippen LogP contribution in [0.2, 0.25) is 0 Å². The summed E-state index contributed by atoms with van der Waals surface area (Å²) < 4.78 is 1.10. The minimum Gasteiger partial charge on any atom is -0.377 e. The number of halogens is 1. The van der Waals surface area contributed by atoms with E-state index in [1.54, 1.807) is 0 Å². The topological polar surface area (TPSA) is 38.0 Å². The van der Waals surface area contributed by atoms with E-state index >= 15 is 0 Å². The van der Waals surface area contributed by atoms with E-state index in [4.69, 9.17) is 5.73 Å². The predicted octanol–water partition coefficient (Wildman–Crippen LogP) is 2.70. The van der Waals surface area contributed by atoms with Crippen molar-refractivity contribution in [1.82, 2.24) is 0 Å². The highest BCUT2D eigenvalue weighted by Crippen LogP contribution is 2.31. The third kappa shape index (κ3) is 2.68. The lowest BCUT2D eigenvalue weighted by Crippen LogP contribution is -2.45. The third-order valence-corrected chi connectivity index (χ3v) is 4.47. The van der Waals surface area contributed by atoms with Gasteiger partial charge in [0.05, 0.1) is 5.54 Å². The molecule has 1 unspecified atom stereocenters. The van der Waals surface area contributed by atoms with Gasteiger partial charge < -0.3 is 11.1 Å². The van der Waals surface area contributed by atoms with Gasteiger partial charge in [-0.15, -0.1) is 0 Å². The zero-order valence-electron chi connectivity index (χ0n) is 8.50. The molecule has 0 aliphatic carbocycles. The first kappa shape index (κ1) is 11.3. The molecule has 2 nitrogen and oxygen atoms in total. The predicted molar refractivity (Wildman–Crippen MR) is 71.5 cm³/mol. The largest absolute Gasteiger partial charge is 0.377 e. The maximum absolute atomic E-state index is 5.87. The minimum atomic E-state index is 0.103. The molecular weight excluding hydrogens is 272 g/mol. The van der Waals surface area contributed by atoms with Gasteiger partial charge in [-0.1, -0.05) is 22.0 Å². The van der Waals surface area contributed by atoms with Crippen LogP contribution in [0.25, 0.3) is 0 Å². The van der Waals surface area contributed by atoms with Crippen molar-refractivity contribution in [3.8, 4) is 0 Å². The fraction of sp³-hybridized carbons (Fsp3) is 0.455. The summed E-state index contributed by atoms with van der Waals surface area (Å²) >= 11 is 5.45. The van der Waals surface area contributed by atoms with E-state index in [1.165, 1.54) is 5.75 Å². The average Bonchev–Trinajstić information content (AvgIpc) is 2.67. The van der Waals surface area contributed by atoms with Crippen molar-refractivity contribution in [2.75, 3.05) is 23.4 Å². The highest BCUT2D eigenvalue weighted by Gasteiger charge is 2.32. The van der Waals surface area contributed by atoms with Gasteiger partial charge in [0.15, 0.2) is 0 Å². The Balaban J connectivity index is 2.12. The molecule has 1 aliphatic heterocycles. The monoisotopic (exact) mass is 286 g/mol. The lowest BCUT2D eigenvalue weighted by atomic mass is 9.99. The van der Waals surface area contributed by atoms with Gasteiger partial charge >= 0.3 is 0 Å². The lowest BCUT2D eigenvalue weighted by Gasteiger charge is -2.29. The number of rotatable bonds is 3. The Morgan fingerprint density at radius 2 is 2.40 bits per heavy atom. The summed E-state index contributed by atoms with van der Waals surface area (Å²) in [4.78, 5) is 0. The van der Waals surface area contributed by atoms with Crippen LogP contribution in [0.15, 0.2) is 28.7 Å². The molecule has 1 aliphatic rings. The Labute approximate surface area is 103 Å². The van der Waals surface area contributed by atoms with Crippen LogP contribution in [0.5, 0.6) is 0 Å². The third-order valence-electron chi connectivity index (χ3n) is 2.73. The van der Waals surface area contributed by atoms with Crippen LogP contribution < -0.4 is 11.1 Å². The summed E-state index contributed by atoms with van der Waals surface area (Å²) in [5, 5.41) is 3.57. The summed E-state index contributed by atoms with van der Waals surface area (Å²) in [7, 11) is 0. The molecule has 0 amide bonds. The van der Waals surface area contributed by atoms with Crippen molar-refractivity contribution in [2.24, 2.45) is 5.73 Å². The standard InChI is InChI=1S/C11H15BrN2S/c12-9-2-1-3-10(6-9)14-11(7-13)4-5-15-8-11/h1-3,6,14H,4-5,7-8,13H2. The molecule has 0 saturated carbocycles. The van der Waals surface area contributed by atoms with Gasteiger partial charge in [0, 0.05) is 22.5 Å². The Kier molecular flexibility index (Phi) is 3.59. The number of hydrogen-bond acceptors (Lipinski definition) is 3. The van der Waals surface area contributed by atoms with E-state index in [2.05, 4.69) is 33.4 Å². The van der Waals surface area contributed by atoms with Gasteiger partial charge in [-0.3, -0.25) is 0 Å². The van der Waals surface area contributed by atoms with Gasteiger partial charge in [0.25, 0.3) is 0 Å². The van der Waals surface area contributed by atoms with Gasteiger partial charge in [-0.05, 0) is 30.4 Å². The molecule has 0 aromatic heterocycles. The smallest absolute Gasteiger partial charge is 0.0593 e. The molecule has 2 rings (SSSR count). The fourth-order valence-corrected chi connectivity index (χ4v) is 3.59. The van der Waals surface area contributed by atoms with Crippen LogP contribution in [-0.2, 0) is 0 Å². The molecule has 0 spiro atoms. The van der Waals surface area contributed by atoms with Crippen molar-refractivity contribution >= 4 is 33.4 Å². The number of nitrogens with one attached hydrogen (secondary N) is 1. The normalized spacial score (nSPS) is 25.5. The molecule has 82 valence electrons. The molecular formula is C11H15BrN2S. The van der Waals surface area contributed by atoms with E-state index in [9.17, 15) is 0 Å². The van der Waals surface area contributed by atoms with Crippen LogP contribution in [0.1, 0.15) is 6.42 Å². The van der Waals surface area contributed by atoms with Crippen molar-refractivity contribution in [2.45, 2.75) is 12.0 Å². The molecule has 1 heterocycles. The number of nitrogens with two attached hydrogens (primary N) is 1. The van der Waals surface area contributed by atoms with Crippen molar-refractivity contribution in [1.29, 1.82) is 0 Å². The number of benzene rings is 1. The quantitative estimate of drug-likeness (QED) is 0.897. The van der Waals surface area contributed by atoms with Crippen molar-refractivity contribution < 1.29 is 0 Å². The Hall–Kier alpha value is -0.190. The molecule has 1 atom stereocenters. The molecule has 1 fully saturated rings. The SMILES string of the molecule is NCC1(Nc2cccc(Br)c2)CCSC1. The fourth-order valence-electron chi connectivity index (χ4n) is 1.79. The number of thioether (sulfide) groups is 1. The highest BCUT2D eigenvalue weighted by molar-refractivity contribution is 9.10. The molecule has 15 heavy (non-hydrogen) atoms. The highest BCUT2D eigenvalue weighted by atomic mass is 79.9. The summed E-state index contributed by atoms with van der Waals surface area (Å²) in [6.07, 6.45) is 1.15. The van der Waals surface area contributed by atoms with E-state index < -0.39 is 0 Å². The van der Waals surface area contributed by atoms with E-state index in [1.807, 2.05) is 23.9 Å². The lowest BCUT2D eigenvalue weighted by molar-refractivity contribution is 0.537. The maximum atomic E-state index is 5.87. The Bertz CT molecular complexity index is 337. The van der Waals surface area contributed by atoms with Crippen molar-refractivity contribution in [3.05, 3.63) is 28.7 Å². The first-order chi connectivity index (χ1) is 7.24. The van der Waals surface area contributed by atoms with E-state index in [-0.39, 0.29) is 5.54 Å². The van der Waals surface area contributed by atoms with Gasteiger partial charge in [0.2, 0.25) is 0 Å². The summed E-state index contributed by atoms with van der Waals surface area (Å²) in [5.41, 5.74) is 7.12. The number of hydrogen-bond donors (Lipinski definition) is 2.